The first kappa shape index (κ1) is 66.6. The van der Waals surface area contributed by atoms with Gasteiger partial charge in [-0.05, 0) is 44.9 Å². The Morgan fingerprint density at radius 3 is 0.941 bits per heavy atom. The van der Waals surface area contributed by atoms with Gasteiger partial charge in [-0.25, -0.2) is 0 Å². The van der Waals surface area contributed by atoms with Crippen molar-refractivity contribution in [3.63, 3.8) is 0 Å². The van der Waals surface area contributed by atoms with Crippen molar-refractivity contribution in [3.05, 3.63) is 36.5 Å². The predicted molar refractivity (Wildman–Crippen MR) is 301 cm³/mol. The van der Waals surface area contributed by atoms with Crippen LogP contribution < -0.4 is 5.32 Å². The van der Waals surface area contributed by atoms with E-state index in [9.17, 15) is 20.1 Å². The molecule has 0 radical (unpaired) electrons. The molecule has 0 aliphatic carbocycles. The third kappa shape index (κ3) is 53.9. The number of aliphatic hydroxyl groups excluding tert-OH is 3. The Balaban J connectivity index is 3.46. The standard InChI is InChI=1S/C63H121NO4/c1-3-5-7-9-11-13-15-17-19-21-22-23-24-25-26-27-28-29-30-31-32-33-34-35-36-37-38-39-40-41-42-44-46-48-50-52-54-56-60(66)58-63(68)64-61(59-65)62(67)57-55-53-51-49-47-45-43-20-18-16-14-12-10-8-6-4-2/h18,20,47,49,55,57,60-62,65-67H,3-17,19,21-46,48,50-54,56,58-59H2,1-2H3,(H,64,68)/b20-18+,49-47+,57-55+. The molecule has 0 aromatic heterocycles. The van der Waals surface area contributed by atoms with Crippen molar-refractivity contribution < 1.29 is 20.1 Å². The number of nitrogens with one attached hydrogen (secondary N) is 1. The van der Waals surface area contributed by atoms with Crippen molar-refractivity contribution in [1.82, 2.24) is 5.32 Å². The summed E-state index contributed by atoms with van der Waals surface area (Å²) in [5, 5.41) is 33.4. The molecule has 3 atom stereocenters. The van der Waals surface area contributed by atoms with Gasteiger partial charge in [0.25, 0.3) is 0 Å². The lowest BCUT2D eigenvalue weighted by Gasteiger charge is -2.21. The number of aliphatic hydroxyl groups is 3. The van der Waals surface area contributed by atoms with Crippen LogP contribution in [0.3, 0.4) is 0 Å². The maximum Gasteiger partial charge on any atom is 0.222 e. The van der Waals surface area contributed by atoms with Crippen molar-refractivity contribution >= 4 is 5.91 Å². The minimum Gasteiger partial charge on any atom is -0.394 e. The monoisotopic (exact) mass is 956 g/mol. The summed E-state index contributed by atoms with van der Waals surface area (Å²) in [6.07, 6.45) is 76.6. The summed E-state index contributed by atoms with van der Waals surface area (Å²) in [7, 11) is 0. The molecule has 0 aromatic carbocycles. The first-order valence-electron chi connectivity index (χ1n) is 30.8. The van der Waals surface area contributed by atoms with Gasteiger partial charge in [0.2, 0.25) is 5.91 Å². The summed E-state index contributed by atoms with van der Waals surface area (Å²) in [4.78, 5) is 12.5. The third-order valence-electron chi connectivity index (χ3n) is 14.4. The van der Waals surface area contributed by atoms with Crippen molar-refractivity contribution in [2.45, 2.75) is 353 Å². The SMILES string of the molecule is CCCCCCCC/C=C/CC/C=C/CC/C=C/C(O)C(CO)NC(=O)CC(O)CCCCCCCCCCCCCCCCCCCCCCCCCCCCCCCCCCCCCCC. The van der Waals surface area contributed by atoms with E-state index in [0.717, 1.165) is 38.5 Å². The van der Waals surface area contributed by atoms with Crippen LogP contribution in [0.2, 0.25) is 0 Å². The third-order valence-corrected chi connectivity index (χ3v) is 14.4. The molecule has 68 heavy (non-hydrogen) atoms. The van der Waals surface area contributed by atoms with E-state index in [4.69, 9.17) is 0 Å². The molecule has 0 saturated heterocycles. The minimum absolute atomic E-state index is 0.00562. The summed E-state index contributed by atoms with van der Waals surface area (Å²) in [6.45, 7) is 4.22. The summed E-state index contributed by atoms with van der Waals surface area (Å²) in [5.41, 5.74) is 0. The van der Waals surface area contributed by atoms with Gasteiger partial charge < -0.3 is 20.6 Å². The highest BCUT2D eigenvalue weighted by Gasteiger charge is 2.20. The quantitative estimate of drug-likeness (QED) is 0.0361. The van der Waals surface area contributed by atoms with E-state index in [1.165, 1.54) is 270 Å². The molecule has 0 spiro atoms. The lowest BCUT2D eigenvalue weighted by atomic mass is 10.0. The molecule has 0 bridgehead atoms. The molecule has 0 aliphatic heterocycles. The second-order valence-electron chi connectivity index (χ2n) is 21.3. The number of hydrogen-bond donors (Lipinski definition) is 4. The fourth-order valence-electron chi connectivity index (χ4n) is 9.73. The Kier molecular flexibility index (Phi) is 56.9. The van der Waals surface area contributed by atoms with E-state index in [1.54, 1.807) is 6.08 Å². The van der Waals surface area contributed by atoms with Gasteiger partial charge in [0.05, 0.1) is 31.3 Å². The normalized spacial score (nSPS) is 13.4. The molecule has 0 saturated carbocycles. The molecule has 4 N–H and O–H groups in total. The largest absolute Gasteiger partial charge is 0.394 e. The summed E-state index contributed by atoms with van der Waals surface area (Å²) in [5.74, 6) is -0.325. The summed E-state index contributed by atoms with van der Waals surface area (Å²) >= 11 is 0. The maximum atomic E-state index is 12.5. The Morgan fingerprint density at radius 1 is 0.368 bits per heavy atom. The average molecular weight is 957 g/mol. The van der Waals surface area contributed by atoms with Crippen LogP contribution in [-0.2, 0) is 4.79 Å². The molecule has 0 heterocycles. The lowest BCUT2D eigenvalue weighted by molar-refractivity contribution is -0.124. The van der Waals surface area contributed by atoms with Gasteiger partial charge in [0, 0.05) is 0 Å². The van der Waals surface area contributed by atoms with Crippen LogP contribution in [0.5, 0.6) is 0 Å². The zero-order valence-corrected chi connectivity index (χ0v) is 46.0. The topological polar surface area (TPSA) is 89.8 Å². The molecule has 402 valence electrons. The van der Waals surface area contributed by atoms with Gasteiger partial charge in [0.15, 0.2) is 0 Å². The van der Waals surface area contributed by atoms with E-state index in [-0.39, 0.29) is 18.9 Å². The van der Waals surface area contributed by atoms with E-state index in [2.05, 4.69) is 43.5 Å². The molecule has 0 fully saturated rings. The minimum atomic E-state index is -0.959. The van der Waals surface area contributed by atoms with Crippen LogP contribution in [-0.4, -0.2) is 46.1 Å². The number of unbranched alkanes of at least 4 members (excludes halogenated alkanes) is 44. The van der Waals surface area contributed by atoms with Crippen LogP contribution in [0.15, 0.2) is 36.5 Å². The van der Waals surface area contributed by atoms with Gasteiger partial charge in [0.1, 0.15) is 0 Å². The van der Waals surface area contributed by atoms with Crippen LogP contribution in [0.4, 0.5) is 0 Å². The van der Waals surface area contributed by atoms with E-state index in [1.807, 2.05) is 6.08 Å². The highest BCUT2D eigenvalue weighted by Crippen LogP contribution is 2.18. The van der Waals surface area contributed by atoms with E-state index < -0.39 is 18.2 Å². The van der Waals surface area contributed by atoms with Gasteiger partial charge >= 0.3 is 0 Å². The number of amides is 1. The molecular formula is C63H121NO4. The first-order valence-corrected chi connectivity index (χ1v) is 30.8. The summed E-state index contributed by atoms with van der Waals surface area (Å²) < 4.78 is 0. The fraction of sp³-hybridized carbons (Fsp3) is 0.889. The molecule has 5 heteroatoms. The van der Waals surface area contributed by atoms with Crippen molar-refractivity contribution in [2.24, 2.45) is 0 Å². The van der Waals surface area contributed by atoms with Crippen LogP contribution in [0, 0.1) is 0 Å². The fourth-order valence-corrected chi connectivity index (χ4v) is 9.73. The van der Waals surface area contributed by atoms with Crippen LogP contribution >= 0.6 is 0 Å². The van der Waals surface area contributed by atoms with Gasteiger partial charge in [-0.1, -0.05) is 320 Å². The van der Waals surface area contributed by atoms with Gasteiger partial charge in [-0.15, -0.1) is 0 Å². The highest BCUT2D eigenvalue weighted by molar-refractivity contribution is 5.76. The summed E-state index contributed by atoms with van der Waals surface area (Å²) in [6, 6.07) is -0.766. The second-order valence-corrected chi connectivity index (χ2v) is 21.3. The number of carbonyl (C=O) groups excluding carboxylic acids is 1. The lowest BCUT2D eigenvalue weighted by Crippen LogP contribution is -2.45. The predicted octanol–water partition coefficient (Wildman–Crippen LogP) is 19.4. The second kappa shape index (κ2) is 58.1. The van der Waals surface area contributed by atoms with Crippen molar-refractivity contribution in [3.8, 4) is 0 Å². The molecule has 5 nitrogen and oxygen atoms in total. The van der Waals surface area contributed by atoms with Crippen LogP contribution in [0.1, 0.15) is 335 Å². The molecule has 0 rings (SSSR count). The number of hydrogen-bond acceptors (Lipinski definition) is 4. The van der Waals surface area contributed by atoms with Crippen molar-refractivity contribution in [2.75, 3.05) is 6.61 Å². The Morgan fingerprint density at radius 2 is 0.632 bits per heavy atom. The number of rotatable bonds is 57. The van der Waals surface area contributed by atoms with E-state index in [0.29, 0.717) is 6.42 Å². The van der Waals surface area contributed by atoms with E-state index >= 15 is 0 Å². The first-order chi connectivity index (χ1) is 33.5. The number of allylic oxidation sites excluding steroid dienone is 5. The Bertz CT molecular complexity index is 1060. The zero-order chi connectivity index (χ0) is 49.3. The highest BCUT2D eigenvalue weighted by atomic mass is 16.3. The average Bonchev–Trinajstić information content (AvgIpc) is 3.33. The molecule has 0 aliphatic rings. The molecular weight excluding hydrogens is 835 g/mol. The number of carbonyl (C=O) groups is 1. The van der Waals surface area contributed by atoms with Crippen molar-refractivity contribution in [1.29, 1.82) is 0 Å². The zero-order valence-electron chi connectivity index (χ0n) is 46.0. The smallest absolute Gasteiger partial charge is 0.222 e. The molecule has 0 aromatic rings. The Hall–Kier alpha value is -1.43. The molecule has 1 amide bonds. The molecule has 3 unspecified atom stereocenters. The maximum absolute atomic E-state index is 12.5. The van der Waals surface area contributed by atoms with Crippen LogP contribution in [0.25, 0.3) is 0 Å². The van der Waals surface area contributed by atoms with Gasteiger partial charge in [-0.3, -0.25) is 4.79 Å². The Labute approximate surface area is 425 Å². The van der Waals surface area contributed by atoms with Gasteiger partial charge in [-0.2, -0.15) is 0 Å².